The van der Waals surface area contributed by atoms with Crippen molar-refractivity contribution in [2.75, 3.05) is 5.32 Å². The summed E-state index contributed by atoms with van der Waals surface area (Å²) >= 11 is 0. The number of ether oxygens (including phenoxy) is 1. The highest BCUT2D eigenvalue weighted by Crippen LogP contribution is 2.32. The zero-order valence-electron chi connectivity index (χ0n) is 17.3. The fraction of sp³-hybridized carbons (Fsp3) is 0.0741. The molecule has 4 aromatic rings. The van der Waals surface area contributed by atoms with Crippen LogP contribution in [-0.4, -0.2) is 17.7 Å². The molecule has 1 unspecified atom stereocenters. The highest BCUT2D eigenvalue weighted by Gasteiger charge is 2.29. The van der Waals surface area contributed by atoms with Gasteiger partial charge in [0.1, 0.15) is 6.10 Å². The number of benzene rings is 4. The summed E-state index contributed by atoms with van der Waals surface area (Å²) < 4.78 is 5.52. The number of carbonyl (C=O) groups is 3. The van der Waals surface area contributed by atoms with Crippen molar-refractivity contribution in [1.82, 2.24) is 0 Å². The lowest BCUT2D eigenvalue weighted by Crippen LogP contribution is -2.20. The lowest BCUT2D eigenvalue weighted by molar-refractivity contribution is 0.0979. The standard InChI is InChI=1S/C27H19NO4/c1-16(32-27(31)28-20-7-3-2-4-8-20)17-11-12-18-14-23-24(15-19(18)13-17)26(30)22-10-6-5-9-21(22)25(23)29/h2-16H,1H3,(H,28,31). The van der Waals surface area contributed by atoms with Crippen LogP contribution in [0.15, 0.2) is 84.9 Å². The second kappa shape index (κ2) is 7.78. The third-order valence-electron chi connectivity index (χ3n) is 5.68. The maximum atomic E-state index is 13.0. The van der Waals surface area contributed by atoms with Crippen LogP contribution in [0.4, 0.5) is 10.5 Å². The summed E-state index contributed by atoms with van der Waals surface area (Å²) in [5.41, 5.74) is 3.12. The molecule has 0 saturated carbocycles. The van der Waals surface area contributed by atoms with Crippen LogP contribution in [-0.2, 0) is 4.74 Å². The van der Waals surface area contributed by atoms with E-state index in [1.54, 1.807) is 55.5 Å². The molecule has 1 N–H and O–H groups in total. The topological polar surface area (TPSA) is 72.5 Å². The Bertz CT molecular complexity index is 1390. The third kappa shape index (κ3) is 3.44. The van der Waals surface area contributed by atoms with Gasteiger partial charge >= 0.3 is 6.09 Å². The van der Waals surface area contributed by atoms with E-state index in [0.29, 0.717) is 27.9 Å². The SMILES string of the molecule is CC(OC(=O)Nc1ccccc1)c1ccc2cc3c(cc2c1)C(=O)c1ccccc1C3=O. The van der Waals surface area contributed by atoms with Gasteiger partial charge in [-0.25, -0.2) is 4.79 Å². The van der Waals surface area contributed by atoms with E-state index in [1.165, 1.54) is 0 Å². The monoisotopic (exact) mass is 421 g/mol. The van der Waals surface area contributed by atoms with Crippen molar-refractivity contribution < 1.29 is 19.1 Å². The van der Waals surface area contributed by atoms with Gasteiger partial charge in [0.2, 0.25) is 0 Å². The molecular weight excluding hydrogens is 402 g/mol. The van der Waals surface area contributed by atoms with Crippen LogP contribution < -0.4 is 5.32 Å². The summed E-state index contributed by atoms with van der Waals surface area (Å²) in [6.45, 7) is 1.79. The number of hydrogen-bond acceptors (Lipinski definition) is 4. The van der Waals surface area contributed by atoms with Crippen molar-refractivity contribution in [3.05, 3.63) is 113 Å². The average Bonchev–Trinajstić information content (AvgIpc) is 2.81. The molecule has 0 bridgehead atoms. The number of hydrogen-bond donors (Lipinski definition) is 1. The van der Waals surface area contributed by atoms with Gasteiger partial charge in [0.25, 0.3) is 0 Å². The van der Waals surface area contributed by atoms with Crippen LogP contribution >= 0.6 is 0 Å². The number of fused-ring (bicyclic) bond motifs is 3. The highest BCUT2D eigenvalue weighted by atomic mass is 16.6. The second-order valence-electron chi connectivity index (χ2n) is 7.75. The Morgan fingerprint density at radius 2 is 1.31 bits per heavy atom. The molecule has 1 atom stereocenters. The molecule has 0 saturated heterocycles. The van der Waals surface area contributed by atoms with Gasteiger partial charge in [-0.15, -0.1) is 0 Å². The van der Waals surface area contributed by atoms with Gasteiger partial charge in [-0.05, 0) is 53.6 Å². The Balaban J connectivity index is 1.44. The minimum Gasteiger partial charge on any atom is -0.441 e. The molecule has 5 nitrogen and oxygen atoms in total. The van der Waals surface area contributed by atoms with E-state index in [9.17, 15) is 14.4 Å². The van der Waals surface area contributed by atoms with Gasteiger partial charge in [0.05, 0.1) is 0 Å². The van der Waals surface area contributed by atoms with E-state index in [-0.39, 0.29) is 11.6 Å². The van der Waals surface area contributed by atoms with E-state index in [1.807, 2.05) is 36.4 Å². The van der Waals surface area contributed by atoms with Gasteiger partial charge in [-0.1, -0.05) is 54.6 Å². The molecule has 0 fully saturated rings. The zero-order chi connectivity index (χ0) is 22.2. The Morgan fingerprint density at radius 1 is 0.719 bits per heavy atom. The minimum atomic E-state index is -0.549. The normalized spacial score (nSPS) is 13.3. The smallest absolute Gasteiger partial charge is 0.412 e. The first-order chi connectivity index (χ1) is 15.5. The summed E-state index contributed by atoms with van der Waals surface area (Å²) in [7, 11) is 0. The maximum absolute atomic E-state index is 13.0. The van der Waals surface area contributed by atoms with E-state index in [4.69, 9.17) is 4.74 Å². The maximum Gasteiger partial charge on any atom is 0.412 e. The van der Waals surface area contributed by atoms with Crippen molar-refractivity contribution in [2.45, 2.75) is 13.0 Å². The van der Waals surface area contributed by atoms with E-state index in [2.05, 4.69) is 5.32 Å². The van der Waals surface area contributed by atoms with Gasteiger partial charge in [0.15, 0.2) is 11.6 Å². The third-order valence-corrected chi connectivity index (χ3v) is 5.68. The van der Waals surface area contributed by atoms with Crippen LogP contribution in [0.2, 0.25) is 0 Å². The average molecular weight is 421 g/mol. The van der Waals surface area contributed by atoms with Crippen molar-refractivity contribution in [2.24, 2.45) is 0 Å². The van der Waals surface area contributed by atoms with Crippen molar-refractivity contribution in [1.29, 1.82) is 0 Å². The molecule has 4 aromatic carbocycles. The number of nitrogens with one attached hydrogen (secondary N) is 1. The van der Waals surface area contributed by atoms with Crippen LogP contribution in [0.25, 0.3) is 10.8 Å². The first-order valence-corrected chi connectivity index (χ1v) is 10.3. The molecule has 32 heavy (non-hydrogen) atoms. The summed E-state index contributed by atoms with van der Waals surface area (Å²) in [5.74, 6) is -0.301. The molecule has 0 spiro atoms. The van der Waals surface area contributed by atoms with Crippen molar-refractivity contribution >= 4 is 34.1 Å². The predicted molar refractivity (Wildman–Crippen MR) is 122 cm³/mol. The fourth-order valence-corrected chi connectivity index (χ4v) is 4.01. The van der Waals surface area contributed by atoms with Crippen LogP contribution in [0.5, 0.6) is 0 Å². The first kappa shape index (κ1) is 19.7. The molecule has 0 aliphatic heterocycles. The molecule has 0 radical (unpaired) electrons. The summed E-state index contributed by atoms with van der Waals surface area (Å²) in [6, 6.07) is 25.1. The van der Waals surface area contributed by atoms with E-state index >= 15 is 0 Å². The molecule has 0 aromatic heterocycles. The summed E-state index contributed by atoms with van der Waals surface area (Å²) in [5, 5.41) is 4.35. The zero-order valence-corrected chi connectivity index (χ0v) is 17.3. The van der Waals surface area contributed by atoms with Gasteiger partial charge in [-0.3, -0.25) is 14.9 Å². The second-order valence-corrected chi connectivity index (χ2v) is 7.75. The highest BCUT2D eigenvalue weighted by molar-refractivity contribution is 6.29. The number of ketones is 2. The number of anilines is 1. The molecule has 5 heteroatoms. The van der Waals surface area contributed by atoms with Gasteiger partial charge < -0.3 is 4.74 Å². The van der Waals surface area contributed by atoms with Crippen LogP contribution in [0.3, 0.4) is 0 Å². The predicted octanol–water partition coefficient (Wildman–Crippen LogP) is 5.92. The Morgan fingerprint density at radius 3 is 1.97 bits per heavy atom. The molecule has 0 heterocycles. The summed E-state index contributed by atoms with van der Waals surface area (Å²) in [4.78, 5) is 38.2. The Labute approximate surface area is 184 Å². The molecule has 1 amide bonds. The van der Waals surface area contributed by atoms with Gasteiger partial charge in [-0.2, -0.15) is 0 Å². The minimum absolute atomic E-state index is 0.143. The van der Waals surface area contributed by atoms with E-state index < -0.39 is 12.2 Å². The van der Waals surface area contributed by atoms with Gasteiger partial charge in [0, 0.05) is 27.9 Å². The Kier molecular flexibility index (Phi) is 4.79. The lowest BCUT2D eigenvalue weighted by Gasteiger charge is -2.19. The van der Waals surface area contributed by atoms with Crippen molar-refractivity contribution in [3.63, 3.8) is 0 Å². The first-order valence-electron chi connectivity index (χ1n) is 10.3. The molecule has 1 aliphatic carbocycles. The Hall–Kier alpha value is -4.25. The number of rotatable bonds is 3. The molecule has 5 rings (SSSR count). The fourth-order valence-electron chi connectivity index (χ4n) is 4.01. The number of para-hydroxylation sites is 1. The number of carbonyl (C=O) groups excluding carboxylic acids is 3. The quantitative estimate of drug-likeness (QED) is 0.392. The molecule has 156 valence electrons. The largest absolute Gasteiger partial charge is 0.441 e. The molecule has 1 aliphatic rings. The van der Waals surface area contributed by atoms with Crippen LogP contribution in [0.1, 0.15) is 50.4 Å². The summed E-state index contributed by atoms with van der Waals surface area (Å²) in [6.07, 6.45) is -1.05. The van der Waals surface area contributed by atoms with Crippen molar-refractivity contribution in [3.8, 4) is 0 Å². The number of amides is 1. The van der Waals surface area contributed by atoms with E-state index in [0.717, 1.165) is 16.3 Å². The molecular formula is C27H19NO4. The van der Waals surface area contributed by atoms with Crippen LogP contribution in [0, 0.1) is 0 Å². The lowest BCUT2D eigenvalue weighted by atomic mass is 9.82.